The average Bonchev–Trinajstić information content (AvgIpc) is 3.08. The molecule has 2 aliphatic rings. The van der Waals surface area contributed by atoms with Crippen molar-refractivity contribution in [3.63, 3.8) is 0 Å². The summed E-state index contributed by atoms with van der Waals surface area (Å²) in [6, 6.07) is 4.09. The molecule has 0 bridgehead atoms. The fourth-order valence-electron chi connectivity index (χ4n) is 4.45. The molecule has 0 aromatic carbocycles. The van der Waals surface area contributed by atoms with Crippen molar-refractivity contribution in [3.05, 3.63) is 23.7 Å². The fraction of sp³-hybridized carbons (Fsp3) is 0.714. The van der Waals surface area contributed by atoms with Gasteiger partial charge in [0.05, 0.1) is 5.69 Å². The Balaban J connectivity index is 1.40. The number of aromatic nitrogens is 4. The summed E-state index contributed by atoms with van der Waals surface area (Å²) in [5.74, 6) is 2.30. The molecule has 4 rings (SSSR count). The van der Waals surface area contributed by atoms with Crippen LogP contribution in [0.25, 0.3) is 5.65 Å². The lowest BCUT2D eigenvalue weighted by atomic mass is 9.92. The van der Waals surface area contributed by atoms with Gasteiger partial charge < -0.3 is 9.80 Å². The van der Waals surface area contributed by atoms with E-state index in [-0.39, 0.29) is 11.3 Å². The van der Waals surface area contributed by atoms with E-state index in [9.17, 15) is 4.79 Å². The molecule has 0 N–H and O–H groups in total. The maximum Gasteiger partial charge on any atom is 0.222 e. The zero-order valence-electron chi connectivity index (χ0n) is 17.6. The Morgan fingerprint density at radius 3 is 2.54 bits per heavy atom. The van der Waals surface area contributed by atoms with Crippen LogP contribution in [0, 0.1) is 5.92 Å². The highest BCUT2D eigenvalue weighted by Crippen LogP contribution is 2.29. The third kappa shape index (κ3) is 3.90. The molecule has 7 heteroatoms. The van der Waals surface area contributed by atoms with Crippen molar-refractivity contribution < 1.29 is 4.79 Å². The summed E-state index contributed by atoms with van der Waals surface area (Å²) in [5.41, 5.74) is 1.91. The Morgan fingerprint density at radius 2 is 1.86 bits per heavy atom. The topological polar surface area (TPSA) is 66.6 Å². The Labute approximate surface area is 167 Å². The highest BCUT2D eigenvalue weighted by atomic mass is 16.2. The molecule has 1 unspecified atom stereocenters. The van der Waals surface area contributed by atoms with Gasteiger partial charge in [0.2, 0.25) is 5.91 Å². The average molecular weight is 385 g/mol. The monoisotopic (exact) mass is 384 g/mol. The molecule has 0 aliphatic carbocycles. The predicted octanol–water partition coefficient (Wildman–Crippen LogP) is 2.47. The van der Waals surface area contributed by atoms with Gasteiger partial charge in [-0.15, -0.1) is 10.2 Å². The van der Waals surface area contributed by atoms with Crippen LogP contribution < -0.4 is 0 Å². The van der Waals surface area contributed by atoms with E-state index in [2.05, 4.69) is 41.9 Å². The van der Waals surface area contributed by atoms with Crippen molar-refractivity contribution in [3.8, 4) is 0 Å². The molecule has 2 fully saturated rings. The lowest BCUT2D eigenvalue weighted by molar-refractivity contribution is -0.133. The van der Waals surface area contributed by atoms with Crippen LogP contribution in [-0.2, 0) is 10.2 Å². The van der Waals surface area contributed by atoms with E-state index in [1.54, 1.807) is 0 Å². The summed E-state index contributed by atoms with van der Waals surface area (Å²) in [5, 5.41) is 13.7. The van der Waals surface area contributed by atoms with E-state index < -0.39 is 0 Å². The zero-order chi connectivity index (χ0) is 19.9. The summed E-state index contributed by atoms with van der Waals surface area (Å²) in [6.07, 6.45) is 3.90. The van der Waals surface area contributed by atoms with Crippen LogP contribution in [0.3, 0.4) is 0 Å². The quantitative estimate of drug-likeness (QED) is 0.813. The first-order valence-electron chi connectivity index (χ1n) is 10.5. The zero-order valence-corrected chi connectivity index (χ0v) is 17.6. The van der Waals surface area contributed by atoms with Gasteiger partial charge in [-0.3, -0.25) is 4.79 Å². The summed E-state index contributed by atoms with van der Waals surface area (Å²) in [6.45, 7) is 10.7. The highest BCUT2D eigenvalue weighted by molar-refractivity contribution is 5.76. The molecule has 2 aliphatic heterocycles. The van der Waals surface area contributed by atoms with Crippen LogP contribution in [0.15, 0.2) is 12.1 Å². The van der Waals surface area contributed by atoms with E-state index in [1.807, 2.05) is 22.5 Å². The first-order chi connectivity index (χ1) is 13.3. The van der Waals surface area contributed by atoms with Crippen LogP contribution in [0.5, 0.6) is 0 Å². The van der Waals surface area contributed by atoms with Gasteiger partial charge in [-0.05, 0) is 50.4 Å². The Kier molecular flexibility index (Phi) is 5.12. The molecule has 0 spiro atoms. The minimum atomic E-state index is 0.00757. The maximum atomic E-state index is 11.7. The Bertz CT molecular complexity index is 846. The van der Waals surface area contributed by atoms with Crippen molar-refractivity contribution in [1.29, 1.82) is 0 Å². The van der Waals surface area contributed by atoms with E-state index in [1.165, 1.54) is 0 Å². The molecular formula is C21H32N6O. The van der Waals surface area contributed by atoms with E-state index in [4.69, 9.17) is 5.10 Å². The number of hydrogen-bond acceptors (Lipinski definition) is 5. The molecule has 4 heterocycles. The molecule has 7 nitrogen and oxygen atoms in total. The number of piperidine rings is 2. The maximum absolute atomic E-state index is 11.7. The highest BCUT2D eigenvalue weighted by Gasteiger charge is 2.29. The van der Waals surface area contributed by atoms with Gasteiger partial charge in [-0.2, -0.15) is 9.61 Å². The normalized spacial score (nSPS) is 22.9. The fourth-order valence-corrected chi connectivity index (χ4v) is 4.45. The second-order valence-electron chi connectivity index (χ2n) is 9.55. The smallest absolute Gasteiger partial charge is 0.222 e. The number of carbonyl (C=O) groups is 1. The standard InChI is InChI=1S/C21H32N6O/c1-21(2,3)17-6-7-18-22-23-20(27(18)24-17)16-9-11-26(12-10-16)14-15-5-8-19(28)25(4)13-15/h6-7,15-16H,5,8-14H2,1-4H3. The molecule has 2 aromatic rings. The van der Waals surface area contributed by atoms with Gasteiger partial charge >= 0.3 is 0 Å². The summed E-state index contributed by atoms with van der Waals surface area (Å²) >= 11 is 0. The van der Waals surface area contributed by atoms with E-state index in [0.717, 1.165) is 62.6 Å². The van der Waals surface area contributed by atoms with Crippen LogP contribution >= 0.6 is 0 Å². The number of likely N-dealkylation sites (tertiary alicyclic amines) is 2. The lowest BCUT2D eigenvalue weighted by Crippen LogP contribution is -2.44. The van der Waals surface area contributed by atoms with Crippen molar-refractivity contribution in [2.75, 3.05) is 33.2 Å². The van der Waals surface area contributed by atoms with E-state index in [0.29, 0.717) is 18.3 Å². The van der Waals surface area contributed by atoms with Crippen molar-refractivity contribution in [1.82, 2.24) is 29.6 Å². The summed E-state index contributed by atoms with van der Waals surface area (Å²) < 4.78 is 1.96. The molecule has 1 atom stereocenters. The number of carbonyl (C=O) groups excluding carboxylic acids is 1. The largest absolute Gasteiger partial charge is 0.345 e. The second kappa shape index (κ2) is 7.43. The molecule has 1 amide bonds. The Hall–Kier alpha value is -2.02. The van der Waals surface area contributed by atoms with Gasteiger partial charge in [0.15, 0.2) is 11.5 Å². The molecule has 0 saturated carbocycles. The van der Waals surface area contributed by atoms with Crippen LogP contribution in [0.4, 0.5) is 0 Å². The first kappa shape index (κ1) is 19.3. The molecule has 0 radical (unpaired) electrons. The van der Waals surface area contributed by atoms with Crippen molar-refractivity contribution >= 4 is 11.6 Å². The number of amides is 1. The first-order valence-corrected chi connectivity index (χ1v) is 10.5. The third-order valence-electron chi connectivity index (χ3n) is 6.25. The molecule has 28 heavy (non-hydrogen) atoms. The van der Waals surface area contributed by atoms with Crippen LogP contribution in [0.2, 0.25) is 0 Å². The van der Waals surface area contributed by atoms with E-state index >= 15 is 0 Å². The van der Waals surface area contributed by atoms with Crippen molar-refractivity contribution in [2.24, 2.45) is 5.92 Å². The minimum absolute atomic E-state index is 0.00757. The number of fused-ring (bicyclic) bond motifs is 1. The van der Waals surface area contributed by atoms with Gasteiger partial charge in [-0.25, -0.2) is 0 Å². The number of nitrogens with zero attached hydrogens (tertiary/aromatic N) is 6. The van der Waals surface area contributed by atoms with Crippen LogP contribution in [0.1, 0.15) is 63.9 Å². The Morgan fingerprint density at radius 1 is 1.11 bits per heavy atom. The van der Waals surface area contributed by atoms with Gasteiger partial charge in [0.25, 0.3) is 0 Å². The minimum Gasteiger partial charge on any atom is -0.345 e. The number of hydrogen-bond donors (Lipinski definition) is 0. The number of rotatable bonds is 3. The predicted molar refractivity (Wildman–Crippen MR) is 108 cm³/mol. The molecule has 2 saturated heterocycles. The SMILES string of the molecule is CN1CC(CN2CCC(c3nnc4ccc(C(C)(C)C)nn34)CC2)CCC1=O. The summed E-state index contributed by atoms with van der Waals surface area (Å²) in [4.78, 5) is 16.1. The molecule has 2 aromatic heterocycles. The molecule has 152 valence electrons. The second-order valence-corrected chi connectivity index (χ2v) is 9.55. The lowest BCUT2D eigenvalue weighted by Gasteiger charge is -2.36. The summed E-state index contributed by atoms with van der Waals surface area (Å²) in [7, 11) is 1.93. The molecular weight excluding hydrogens is 352 g/mol. The van der Waals surface area contributed by atoms with Gasteiger partial charge in [-0.1, -0.05) is 20.8 Å². The third-order valence-corrected chi connectivity index (χ3v) is 6.25. The van der Waals surface area contributed by atoms with Gasteiger partial charge in [0.1, 0.15) is 0 Å². The van der Waals surface area contributed by atoms with Crippen molar-refractivity contribution in [2.45, 2.75) is 57.8 Å². The van der Waals surface area contributed by atoms with Crippen LogP contribution in [-0.4, -0.2) is 68.7 Å². The van der Waals surface area contributed by atoms with Gasteiger partial charge in [0, 0.05) is 37.9 Å².